The van der Waals surface area contributed by atoms with E-state index in [9.17, 15) is 18.0 Å². The molecule has 0 aromatic carbocycles. The summed E-state index contributed by atoms with van der Waals surface area (Å²) in [5, 5.41) is 0. The molecule has 0 saturated heterocycles. The second-order valence-electron chi connectivity index (χ2n) is 4.50. The second-order valence-corrected chi connectivity index (χ2v) is 4.50. The van der Waals surface area contributed by atoms with Gasteiger partial charge < -0.3 is 4.90 Å². The number of halogens is 3. The largest absolute Gasteiger partial charge is 0.391 e. The van der Waals surface area contributed by atoms with Crippen LogP contribution in [0.25, 0.3) is 0 Å². The van der Waals surface area contributed by atoms with Gasteiger partial charge in [0, 0.05) is 13.0 Å². The Morgan fingerprint density at radius 2 is 2.12 bits per heavy atom. The second kappa shape index (κ2) is 5.44. The van der Waals surface area contributed by atoms with Crippen LogP contribution in [0.3, 0.4) is 0 Å². The van der Waals surface area contributed by atoms with Gasteiger partial charge in [-0.3, -0.25) is 4.79 Å². The van der Waals surface area contributed by atoms with Crippen LogP contribution in [0, 0.1) is 24.2 Å². The predicted molar refractivity (Wildman–Crippen MR) is 58.0 cm³/mol. The number of carbonyl (C=O) groups is 1. The number of carbonyl (C=O) groups excluding carboxylic acids is 1. The van der Waals surface area contributed by atoms with Crippen LogP contribution in [0.4, 0.5) is 13.2 Å². The van der Waals surface area contributed by atoms with Gasteiger partial charge in [0.2, 0.25) is 5.91 Å². The van der Waals surface area contributed by atoms with Crippen molar-refractivity contribution < 1.29 is 18.0 Å². The van der Waals surface area contributed by atoms with E-state index in [0.29, 0.717) is 12.8 Å². The zero-order valence-electron chi connectivity index (χ0n) is 9.76. The molecular weight excluding hydrogens is 231 g/mol. The molecule has 2 nitrogen and oxygen atoms in total. The van der Waals surface area contributed by atoms with Crippen molar-refractivity contribution in [2.24, 2.45) is 11.8 Å². The van der Waals surface area contributed by atoms with E-state index in [0.717, 1.165) is 0 Å². The Kier molecular flexibility index (Phi) is 4.44. The molecule has 1 rings (SSSR count). The standard InChI is InChI=1S/C12H16F3NO/c1-3-7-16(2)11(17)9-5-4-6-10(8-9)12(13,14)15/h1,9-10H,4-8H2,2H3. The molecule has 1 aliphatic rings. The van der Waals surface area contributed by atoms with Gasteiger partial charge in [0.05, 0.1) is 12.5 Å². The van der Waals surface area contributed by atoms with Gasteiger partial charge in [0.1, 0.15) is 0 Å². The van der Waals surface area contributed by atoms with E-state index in [2.05, 4.69) is 5.92 Å². The summed E-state index contributed by atoms with van der Waals surface area (Å²) < 4.78 is 37.7. The number of nitrogens with zero attached hydrogens (tertiary/aromatic N) is 1. The monoisotopic (exact) mass is 247 g/mol. The van der Waals surface area contributed by atoms with Crippen molar-refractivity contribution in [2.75, 3.05) is 13.6 Å². The van der Waals surface area contributed by atoms with Crippen LogP contribution >= 0.6 is 0 Å². The van der Waals surface area contributed by atoms with Crippen molar-refractivity contribution in [3.63, 3.8) is 0 Å². The van der Waals surface area contributed by atoms with Crippen molar-refractivity contribution in [3.05, 3.63) is 0 Å². The molecule has 0 N–H and O–H groups in total. The van der Waals surface area contributed by atoms with Crippen LogP contribution in [0.2, 0.25) is 0 Å². The van der Waals surface area contributed by atoms with Gasteiger partial charge in [0.15, 0.2) is 0 Å². The molecule has 0 heterocycles. The Morgan fingerprint density at radius 3 is 2.65 bits per heavy atom. The lowest BCUT2D eigenvalue weighted by Gasteiger charge is -2.31. The first-order valence-corrected chi connectivity index (χ1v) is 5.61. The van der Waals surface area contributed by atoms with Gasteiger partial charge in [0.25, 0.3) is 0 Å². The molecule has 96 valence electrons. The zero-order chi connectivity index (χ0) is 13.1. The highest BCUT2D eigenvalue weighted by atomic mass is 19.4. The third-order valence-electron chi connectivity index (χ3n) is 3.19. The van der Waals surface area contributed by atoms with Crippen LogP contribution in [-0.2, 0) is 4.79 Å². The first kappa shape index (κ1) is 13.9. The average molecular weight is 247 g/mol. The maximum Gasteiger partial charge on any atom is 0.391 e. The predicted octanol–water partition coefficient (Wildman–Crippen LogP) is 2.45. The van der Waals surface area contributed by atoms with Gasteiger partial charge >= 0.3 is 6.18 Å². The van der Waals surface area contributed by atoms with E-state index in [-0.39, 0.29) is 25.3 Å². The average Bonchev–Trinajstić information content (AvgIpc) is 2.27. The minimum absolute atomic E-state index is 0.1000. The molecule has 0 aromatic rings. The number of terminal acetylenes is 1. The molecular formula is C12H16F3NO. The highest BCUT2D eigenvalue weighted by molar-refractivity contribution is 5.78. The van der Waals surface area contributed by atoms with E-state index in [1.165, 1.54) is 11.9 Å². The lowest BCUT2D eigenvalue weighted by atomic mass is 9.80. The molecule has 2 unspecified atom stereocenters. The fourth-order valence-corrected chi connectivity index (χ4v) is 2.24. The molecule has 0 bridgehead atoms. The first-order valence-electron chi connectivity index (χ1n) is 5.61. The SMILES string of the molecule is C#CCN(C)C(=O)C1CCCC(C(F)(F)F)C1. The first-order chi connectivity index (χ1) is 7.86. The number of hydrogen-bond donors (Lipinski definition) is 0. The number of rotatable bonds is 2. The van der Waals surface area contributed by atoms with Crippen molar-refractivity contribution >= 4 is 5.91 Å². The minimum atomic E-state index is -4.19. The summed E-state index contributed by atoms with van der Waals surface area (Å²) in [6, 6.07) is 0. The van der Waals surface area contributed by atoms with E-state index in [1.807, 2.05) is 0 Å². The van der Waals surface area contributed by atoms with Crippen molar-refractivity contribution in [1.29, 1.82) is 0 Å². The van der Waals surface area contributed by atoms with Gasteiger partial charge in [-0.1, -0.05) is 12.3 Å². The van der Waals surface area contributed by atoms with E-state index in [4.69, 9.17) is 6.42 Å². The quantitative estimate of drug-likeness (QED) is 0.686. The summed E-state index contributed by atoms with van der Waals surface area (Å²) in [5.74, 6) is 0.168. The van der Waals surface area contributed by atoms with Crippen molar-refractivity contribution in [3.8, 4) is 12.3 Å². The maximum absolute atomic E-state index is 12.6. The van der Waals surface area contributed by atoms with Crippen LogP contribution in [0.5, 0.6) is 0 Å². The normalized spacial score (nSPS) is 25.1. The fraction of sp³-hybridized carbons (Fsp3) is 0.750. The molecule has 0 aromatic heterocycles. The topological polar surface area (TPSA) is 20.3 Å². The summed E-state index contributed by atoms with van der Waals surface area (Å²) in [5.41, 5.74) is 0. The van der Waals surface area contributed by atoms with Crippen LogP contribution < -0.4 is 0 Å². The van der Waals surface area contributed by atoms with Crippen molar-refractivity contribution in [1.82, 2.24) is 4.90 Å². The third kappa shape index (κ3) is 3.65. The molecule has 2 atom stereocenters. The van der Waals surface area contributed by atoms with E-state index >= 15 is 0 Å². The molecule has 1 aliphatic carbocycles. The third-order valence-corrected chi connectivity index (χ3v) is 3.19. The minimum Gasteiger partial charge on any atom is -0.334 e. The fourth-order valence-electron chi connectivity index (χ4n) is 2.24. The van der Waals surface area contributed by atoms with Gasteiger partial charge in [-0.05, 0) is 19.3 Å². The lowest BCUT2D eigenvalue weighted by Crippen LogP contribution is -2.38. The van der Waals surface area contributed by atoms with Gasteiger partial charge in [-0.2, -0.15) is 13.2 Å². The molecule has 1 saturated carbocycles. The van der Waals surface area contributed by atoms with E-state index in [1.54, 1.807) is 0 Å². The summed E-state index contributed by atoms with van der Waals surface area (Å²) in [6.45, 7) is 0.145. The van der Waals surface area contributed by atoms with Crippen molar-refractivity contribution in [2.45, 2.75) is 31.9 Å². The molecule has 0 aliphatic heterocycles. The van der Waals surface area contributed by atoms with Crippen LogP contribution in [0.15, 0.2) is 0 Å². The smallest absolute Gasteiger partial charge is 0.334 e. The number of hydrogen-bond acceptors (Lipinski definition) is 1. The van der Waals surface area contributed by atoms with E-state index < -0.39 is 18.0 Å². The van der Waals surface area contributed by atoms with Gasteiger partial charge in [-0.25, -0.2) is 0 Å². The molecule has 1 fully saturated rings. The molecule has 17 heavy (non-hydrogen) atoms. The lowest BCUT2D eigenvalue weighted by molar-refractivity contribution is -0.187. The highest BCUT2D eigenvalue weighted by Gasteiger charge is 2.43. The Hall–Kier alpha value is -1.18. The summed E-state index contributed by atoms with van der Waals surface area (Å²) >= 11 is 0. The summed E-state index contributed by atoms with van der Waals surface area (Å²) in [7, 11) is 1.53. The molecule has 5 heteroatoms. The van der Waals surface area contributed by atoms with Gasteiger partial charge in [-0.15, -0.1) is 6.42 Å². The Bertz CT molecular complexity index is 319. The molecule has 0 spiro atoms. The maximum atomic E-state index is 12.6. The Labute approximate surface area is 99.2 Å². The molecule has 0 radical (unpaired) electrons. The molecule has 1 amide bonds. The Balaban J connectivity index is 2.61. The zero-order valence-corrected chi connectivity index (χ0v) is 9.76. The highest BCUT2D eigenvalue weighted by Crippen LogP contribution is 2.40. The summed E-state index contributed by atoms with van der Waals surface area (Å²) in [6.07, 6.45) is 1.89. The number of amides is 1. The summed E-state index contributed by atoms with van der Waals surface area (Å²) in [4.78, 5) is 13.1. The van der Waals surface area contributed by atoms with Crippen LogP contribution in [0.1, 0.15) is 25.7 Å². The number of alkyl halides is 3. The van der Waals surface area contributed by atoms with Crippen LogP contribution in [-0.4, -0.2) is 30.6 Å². The Morgan fingerprint density at radius 1 is 1.47 bits per heavy atom.